The first kappa shape index (κ1) is 16.4. The highest BCUT2D eigenvalue weighted by Gasteiger charge is 2.45. The largest absolute Gasteiger partial charge is 0.308 e. The van der Waals surface area contributed by atoms with Gasteiger partial charge in [0.25, 0.3) is 0 Å². The lowest BCUT2D eigenvalue weighted by molar-refractivity contribution is 0.101. The zero-order chi connectivity index (χ0) is 15.6. The predicted octanol–water partition coefficient (Wildman–Crippen LogP) is 3.80. The van der Waals surface area contributed by atoms with Crippen LogP contribution in [0, 0.1) is 18.6 Å². The fourth-order valence-corrected chi connectivity index (χ4v) is 3.69. The minimum absolute atomic E-state index is 0.201. The molecule has 1 atom stereocenters. The molecule has 1 N–H and O–H groups in total. The molecule has 1 aromatic carbocycles. The van der Waals surface area contributed by atoms with E-state index in [1.807, 2.05) is 21.0 Å². The molecule has 4 heteroatoms. The van der Waals surface area contributed by atoms with Crippen molar-refractivity contribution in [2.24, 2.45) is 0 Å². The standard InChI is InChI=1S/C17H26F2N2/c1-5-20-16(17(21(3)4)10-6-7-11-17)14-13(18)9-8-12(2)15(14)19/h8-9,16,20H,5-7,10-11H2,1-4H3. The smallest absolute Gasteiger partial charge is 0.133 e. The molecule has 1 aliphatic carbocycles. The van der Waals surface area contributed by atoms with Gasteiger partial charge in [0, 0.05) is 11.1 Å². The Hall–Kier alpha value is -1.00. The Morgan fingerprint density at radius 2 is 1.86 bits per heavy atom. The van der Waals surface area contributed by atoms with Gasteiger partial charge in [0.05, 0.1) is 6.04 Å². The summed E-state index contributed by atoms with van der Waals surface area (Å²) in [5, 5.41) is 3.35. The van der Waals surface area contributed by atoms with Gasteiger partial charge in [-0.3, -0.25) is 0 Å². The number of nitrogens with one attached hydrogen (secondary N) is 1. The molecular weight excluding hydrogens is 270 g/mol. The van der Waals surface area contributed by atoms with Crippen molar-refractivity contribution in [2.75, 3.05) is 20.6 Å². The number of aryl methyl sites for hydroxylation is 1. The second-order valence-corrected chi connectivity index (χ2v) is 6.29. The summed E-state index contributed by atoms with van der Waals surface area (Å²) in [4.78, 5) is 2.15. The molecule has 0 saturated heterocycles. The Morgan fingerprint density at radius 3 is 2.38 bits per heavy atom. The van der Waals surface area contributed by atoms with Gasteiger partial charge in [0.15, 0.2) is 0 Å². The van der Waals surface area contributed by atoms with Gasteiger partial charge < -0.3 is 10.2 Å². The van der Waals surface area contributed by atoms with Gasteiger partial charge in [0.1, 0.15) is 11.6 Å². The maximum absolute atomic E-state index is 14.6. The molecule has 1 saturated carbocycles. The normalized spacial score (nSPS) is 19.2. The van der Waals surface area contributed by atoms with E-state index in [1.165, 1.54) is 12.1 Å². The molecule has 2 nitrogen and oxygen atoms in total. The van der Waals surface area contributed by atoms with Gasteiger partial charge in [0.2, 0.25) is 0 Å². The molecule has 0 aliphatic heterocycles. The van der Waals surface area contributed by atoms with Gasteiger partial charge in [-0.15, -0.1) is 0 Å². The van der Waals surface area contributed by atoms with Crippen molar-refractivity contribution in [3.63, 3.8) is 0 Å². The number of rotatable bonds is 5. The van der Waals surface area contributed by atoms with Crippen LogP contribution in [-0.2, 0) is 0 Å². The van der Waals surface area contributed by atoms with E-state index in [-0.39, 0.29) is 17.1 Å². The van der Waals surface area contributed by atoms with Crippen LogP contribution in [0.15, 0.2) is 12.1 Å². The first-order valence-corrected chi connectivity index (χ1v) is 7.79. The monoisotopic (exact) mass is 296 g/mol. The summed E-state index contributed by atoms with van der Waals surface area (Å²) in [6.45, 7) is 4.36. The Kier molecular flexibility index (Phi) is 4.99. The number of hydrogen-bond acceptors (Lipinski definition) is 2. The topological polar surface area (TPSA) is 15.3 Å². The van der Waals surface area contributed by atoms with E-state index in [1.54, 1.807) is 6.92 Å². The van der Waals surface area contributed by atoms with Gasteiger partial charge >= 0.3 is 0 Å². The number of likely N-dealkylation sites (N-methyl/N-ethyl adjacent to an activating group) is 2. The second kappa shape index (κ2) is 6.41. The molecule has 1 unspecified atom stereocenters. The van der Waals surface area contributed by atoms with Crippen LogP contribution < -0.4 is 5.32 Å². The van der Waals surface area contributed by atoms with Gasteiger partial charge in [-0.25, -0.2) is 8.78 Å². The summed E-state index contributed by atoms with van der Waals surface area (Å²) in [6, 6.07) is 2.57. The first-order chi connectivity index (χ1) is 9.94. The fraction of sp³-hybridized carbons (Fsp3) is 0.647. The summed E-state index contributed by atoms with van der Waals surface area (Å²) < 4.78 is 29.0. The van der Waals surface area contributed by atoms with Gasteiger partial charge in [-0.2, -0.15) is 0 Å². The summed E-state index contributed by atoms with van der Waals surface area (Å²) in [7, 11) is 4.03. The lowest BCUT2D eigenvalue weighted by Gasteiger charge is -2.44. The molecule has 1 aliphatic rings. The second-order valence-electron chi connectivity index (χ2n) is 6.29. The van der Waals surface area contributed by atoms with Crippen molar-refractivity contribution in [2.45, 2.75) is 51.1 Å². The molecule has 0 aromatic heterocycles. The molecule has 0 bridgehead atoms. The van der Waals surface area contributed by atoms with Crippen molar-refractivity contribution in [1.82, 2.24) is 10.2 Å². The number of halogens is 2. The van der Waals surface area contributed by atoms with Crippen LogP contribution in [0.25, 0.3) is 0 Å². The van der Waals surface area contributed by atoms with Crippen molar-refractivity contribution < 1.29 is 8.78 Å². The lowest BCUT2D eigenvalue weighted by Crippen LogP contribution is -2.52. The summed E-state index contributed by atoms with van der Waals surface area (Å²) in [6.07, 6.45) is 4.14. The quantitative estimate of drug-likeness (QED) is 0.889. The van der Waals surface area contributed by atoms with Crippen LogP contribution in [0.5, 0.6) is 0 Å². The number of hydrogen-bond donors (Lipinski definition) is 1. The van der Waals surface area contributed by atoms with Crippen LogP contribution in [-0.4, -0.2) is 31.1 Å². The minimum atomic E-state index is -0.447. The molecule has 1 aromatic rings. The molecule has 0 spiro atoms. The van der Waals surface area contributed by atoms with E-state index in [4.69, 9.17) is 0 Å². The third-order valence-electron chi connectivity index (χ3n) is 4.91. The summed E-state index contributed by atoms with van der Waals surface area (Å²) >= 11 is 0. The van der Waals surface area contributed by atoms with E-state index in [0.29, 0.717) is 12.1 Å². The average molecular weight is 296 g/mol. The zero-order valence-corrected chi connectivity index (χ0v) is 13.5. The van der Waals surface area contributed by atoms with Gasteiger partial charge in [-0.05, 0) is 52.0 Å². The highest BCUT2D eigenvalue weighted by molar-refractivity contribution is 5.32. The third kappa shape index (κ3) is 2.84. The summed E-state index contributed by atoms with van der Waals surface area (Å²) in [5.41, 5.74) is 0.486. The molecular formula is C17H26F2N2. The van der Waals surface area contributed by atoms with E-state index in [9.17, 15) is 8.78 Å². The number of nitrogens with zero attached hydrogens (tertiary/aromatic N) is 1. The maximum atomic E-state index is 14.6. The Morgan fingerprint density at radius 1 is 1.24 bits per heavy atom. The Labute approximate surface area is 126 Å². The molecule has 0 radical (unpaired) electrons. The van der Waals surface area contributed by atoms with Gasteiger partial charge in [-0.1, -0.05) is 25.8 Å². The highest BCUT2D eigenvalue weighted by atomic mass is 19.1. The van der Waals surface area contributed by atoms with Crippen molar-refractivity contribution in [1.29, 1.82) is 0 Å². The molecule has 0 amide bonds. The molecule has 21 heavy (non-hydrogen) atoms. The third-order valence-corrected chi connectivity index (χ3v) is 4.91. The fourth-order valence-electron chi connectivity index (χ4n) is 3.69. The maximum Gasteiger partial charge on any atom is 0.133 e. The SMILES string of the molecule is CCNC(c1c(F)ccc(C)c1F)C1(N(C)C)CCCC1. The Bertz CT molecular complexity index is 494. The zero-order valence-electron chi connectivity index (χ0n) is 13.5. The Balaban J connectivity index is 2.56. The minimum Gasteiger partial charge on any atom is -0.308 e. The predicted molar refractivity (Wildman–Crippen MR) is 82.4 cm³/mol. The highest BCUT2D eigenvalue weighted by Crippen LogP contribution is 2.44. The van der Waals surface area contributed by atoms with Crippen LogP contribution in [0.1, 0.15) is 49.8 Å². The van der Waals surface area contributed by atoms with Crippen LogP contribution in [0.3, 0.4) is 0 Å². The molecule has 118 valence electrons. The molecule has 1 fully saturated rings. The number of benzene rings is 1. The van der Waals surface area contributed by atoms with E-state index >= 15 is 0 Å². The van der Waals surface area contributed by atoms with Crippen molar-refractivity contribution in [3.8, 4) is 0 Å². The van der Waals surface area contributed by atoms with Crippen molar-refractivity contribution in [3.05, 3.63) is 34.9 Å². The summed E-state index contributed by atoms with van der Waals surface area (Å²) in [5.74, 6) is -0.855. The van der Waals surface area contributed by atoms with Crippen LogP contribution >= 0.6 is 0 Å². The lowest BCUT2D eigenvalue weighted by atomic mass is 9.81. The van der Waals surface area contributed by atoms with E-state index in [0.717, 1.165) is 25.7 Å². The van der Waals surface area contributed by atoms with E-state index in [2.05, 4.69) is 10.2 Å². The van der Waals surface area contributed by atoms with Crippen LogP contribution in [0.4, 0.5) is 8.78 Å². The van der Waals surface area contributed by atoms with Crippen molar-refractivity contribution >= 4 is 0 Å². The molecule has 0 heterocycles. The van der Waals surface area contributed by atoms with Crippen LogP contribution in [0.2, 0.25) is 0 Å². The molecule has 2 rings (SSSR count). The first-order valence-electron chi connectivity index (χ1n) is 7.79. The average Bonchev–Trinajstić information content (AvgIpc) is 2.93. The van der Waals surface area contributed by atoms with E-state index < -0.39 is 11.6 Å².